The van der Waals surface area contributed by atoms with Gasteiger partial charge in [-0.25, -0.2) is 4.79 Å². The molecule has 33 heavy (non-hydrogen) atoms. The van der Waals surface area contributed by atoms with Gasteiger partial charge in [0.1, 0.15) is 17.6 Å². The monoisotopic (exact) mass is 447 g/mol. The van der Waals surface area contributed by atoms with E-state index in [9.17, 15) is 14.9 Å². The van der Waals surface area contributed by atoms with E-state index >= 15 is 0 Å². The molecule has 6 heteroatoms. The van der Waals surface area contributed by atoms with Crippen LogP contribution in [0.2, 0.25) is 0 Å². The van der Waals surface area contributed by atoms with Gasteiger partial charge in [-0.05, 0) is 42.0 Å². The summed E-state index contributed by atoms with van der Waals surface area (Å²) in [5, 5.41) is 9.64. The Morgan fingerprint density at radius 2 is 1.85 bits per heavy atom. The van der Waals surface area contributed by atoms with E-state index in [1.54, 1.807) is 30.3 Å². The highest BCUT2D eigenvalue weighted by Gasteiger charge is 2.61. The number of para-hydroxylation sites is 1. The molecule has 0 heterocycles. The standard InChI is InChI=1S/C27H29NO5/c1-4-5-16-31-24(29)15-14-22-25(27(22,2)3)26(30)33-23(18-28)19-10-9-13-21(17-19)32-20-11-7-6-8-12-20/h6-15,17,22-23,25H,4-5,16H2,1-3H3/t22-,23+,25-/m0/s1. The van der Waals surface area contributed by atoms with E-state index in [4.69, 9.17) is 14.2 Å². The van der Waals surface area contributed by atoms with Crippen LogP contribution in [0.25, 0.3) is 0 Å². The minimum absolute atomic E-state index is 0.157. The Kier molecular flexibility index (Phi) is 7.89. The number of benzene rings is 2. The zero-order valence-corrected chi connectivity index (χ0v) is 19.2. The molecule has 0 radical (unpaired) electrons. The SMILES string of the molecule is CCCCOC(=O)C=C[C@H]1[C@@H](C(=O)O[C@H](C#N)c2cccc(Oc3ccccc3)c2)C1(C)C. The van der Waals surface area contributed by atoms with Crippen LogP contribution in [0.3, 0.4) is 0 Å². The average molecular weight is 448 g/mol. The summed E-state index contributed by atoms with van der Waals surface area (Å²) in [6.45, 7) is 6.28. The van der Waals surface area contributed by atoms with Crippen molar-refractivity contribution in [2.24, 2.45) is 17.3 Å². The van der Waals surface area contributed by atoms with Crippen molar-refractivity contribution in [2.45, 2.75) is 39.7 Å². The second kappa shape index (κ2) is 10.8. The molecule has 0 bridgehead atoms. The first-order chi connectivity index (χ1) is 15.9. The highest BCUT2D eigenvalue weighted by atomic mass is 16.5. The molecule has 1 aliphatic rings. The van der Waals surface area contributed by atoms with E-state index in [1.807, 2.05) is 51.1 Å². The van der Waals surface area contributed by atoms with E-state index in [1.165, 1.54) is 6.08 Å². The van der Waals surface area contributed by atoms with E-state index in [0.29, 0.717) is 23.7 Å². The molecular weight excluding hydrogens is 418 g/mol. The second-order valence-corrected chi connectivity index (χ2v) is 8.64. The van der Waals surface area contributed by atoms with Gasteiger partial charge in [-0.2, -0.15) is 5.26 Å². The Morgan fingerprint density at radius 1 is 1.12 bits per heavy atom. The third-order valence-corrected chi connectivity index (χ3v) is 5.84. The Morgan fingerprint density at radius 3 is 2.55 bits per heavy atom. The van der Waals surface area contributed by atoms with Gasteiger partial charge in [0.25, 0.3) is 0 Å². The van der Waals surface area contributed by atoms with E-state index in [2.05, 4.69) is 6.07 Å². The maximum absolute atomic E-state index is 12.9. The van der Waals surface area contributed by atoms with Gasteiger partial charge in [-0.1, -0.05) is 63.6 Å². The summed E-state index contributed by atoms with van der Waals surface area (Å²) in [6, 6.07) is 18.3. The van der Waals surface area contributed by atoms with Gasteiger partial charge in [-0.3, -0.25) is 4.79 Å². The van der Waals surface area contributed by atoms with Crippen molar-refractivity contribution in [3.63, 3.8) is 0 Å². The zero-order chi connectivity index (χ0) is 23.8. The third-order valence-electron chi connectivity index (χ3n) is 5.84. The number of allylic oxidation sites excluding steroid dienone is 1. The van der Waals surface area contributed by atoms with Gasteiger partial charge in [0.2, 0.25) is 6.10 Å². The molecule has 3 atom stereocenters. The molecule has 3 rings (SSSR count). The summed E-state index contributed by atoms with van der Waals surface area (Å²) in [7, 11) is 0. The van der Waals surface area contributed by atoms with Gasteiger partial charge >= 0.3 is 11.9 Å². The lowest BCUT2D eigenvalue weighted by atomic mass is 10.1. The van der Waals surface area contributed by atoms with Crippen LogP contribution < -0.4 is 4.74 Å². The maximum atomic E-state index is 12.9. The molecule has 6 nitrogen and oxygen atoms in total. The molecule has 0 spiro atoms. The highest BCUT2D eigenvalue weighted by molar-refractivity contribution is 5.83. The molecule has 0 amide bonds. The molecule has 0 N–H and O–H groups in total. The minimum atomic E-state index is -1.06. The van der Waals surface area contributed by atoms with Gasteiger partial charge in [0.15, 0.2) is 0 Å². The van der Waals surface area contributed by atoms with E-state index in [-0.39, 0.29) is 11.3 Å². The lowest BCUT2D eigenvalue weighted by Crippen LogP contribution is -2.14. The summed E-state index contributed by atoms with van der Waals surface area (Å²) < 4.78 is 16.5. The van der Waals surface area contributed by atoms with Crippen LogP contribution in [-0.4, -0.2) is 18.5 Å². The molecule has 0 unspecified atom stereocenters. The van der Waals surface area contributed by atoms with Crippen molar-refractivity contribution >= 4 is 11.9 Å². The first kappa shape index (κ1) is 24.1. The predicted octanol–water partition coefficient (Wildman–Crippen LogP) is 5.76. The molecule has 172 valence electrons. The van der Waals surface area contributed by atoms with Crippen molar-refractivity contribution in [1.82, 2.24) is 0 Å². The number of nitrogens with zero attached hydrogens (tertiary/aromatic N) is 1. The van der Waals surface area contributed by atoms with Gasteiger partial charge < -0.3 is 14.2 Å². The Hall–Kier alpha value is -3.59. The summed E-state index contributed by atoms with van der Waals surface area (Å²) >= 11 is 0. The van der Waals surface area contributed by atoms with Crippen molar-refractivity contribution < 1.29 is 23.8 Å². The number of ether oxygens (including phenoxy) is 3. The van der Waals surface area contributed by atoms with Gasteiger partial charge in [-0.15, -0.1) is 0 Å². The normalized spacial score (nSPS) is 19.3. The predicted molar refractivity (Wildman–Crippen MR) is 123 cm³/mol. The van der Waals surface area contributed by atoms with Crippen LogP contribution in [0.1, 0.15) is 45.3 Å². The number of hydrogen-bond acceptors (Lipinski definition) is 6. The molecule has 0 saturated heterocycles. The number of hydrogen-bond donors (Lipinski definition) is 0. The Bertz CT molecular complexity index is 1040. The topological polar surface area (TPSA) is 85.6 Å². The fraction of sp³-hybridized carbons (Fsp3) is 0.370. The average Bonchev–Trinajstić information content (AvgIpc) is 3.37. The van der Waals surface area contributed by atoms with Crippen molar-refractivity contribution in [3.05, 3.63) is 72.3 Å². The van der Waals surface area contributed by atoms with Crippen molar-refractivity contribution in [3.8, 4) is 17.6 Å². The Labute approximate surface area is 194 Å². The van der Waals surface area contributed by atoms with Crippen LogP contribution in [0.4, 0.5) is 0 Å². The number of esters is 2. The maximum Gasteiger partial charge on any atom is 0.330 e. The van der Waals surface area contributed by atoms with Crippen LogP contribution in [0.15, 0.2) is 66.7 Å². The molecule has 1 fully saturated rings. The molecule has 0 aliphatic heterocycles. The van der Waals surface area contributed by atoms with Crippen LogP contribution in [-0.2, 0) is 19.1 Å². The minimum Gasteiger partial charge on any atom is -0.463 e. The molecule has 1 saturated carbocycles. The largest absolute Gasteiger partial charge is 0.463 e. The van der Waals surface area contributed by atoms with Crippen molar-refractivity contribution in [2.75, 3.05) is 6.61 Å². The van der Waals surface area contributed by atoms with Crippen LogP contribution in [0, 0.1) is 28.6 Å². The first-order valence-corrected chi connectivity index (χ1v) is 11.1. The van der Waals surface area contributed by atoms with Gasteiger partial charge in [0, 0.05) is 11.6 Å². The summed E-state index contributed by atoms with van der Waals surface area (Å²) in [6.07, 6.45) is 3.78. The molecule has 1 aliphatic carbocycles. The summed E-state index contributed by atoms with van der Waals surface area (Å²) in [4.78, 5) is 24.7. The zero-order valence-electron chi connectivity index (χ0n) is 19.2. The molecule has 2 aromatic rings. The van der Waals surface area contributed by atoms with E-state index in [0.717, 1.165) is 12.8 Å². The lowest BCUT2D eigenvalue weighted by Gasteiger charge is -2.13. The number of carbonyl (C=O) groups excluding carboxylic acids is 2. The number of unbranched alkanes of at least 4 members (excludes halogenated alkanes) is 1. The highest BCUT2D eigenvalue weighted by Crippen LogP contribution is 2.59. The van der Waals surface area contributed by atoms with Crippen LogP contribution >= 0.6 is 0 Å². The summed E-state index contributed by atoms with van der Waals surface area (Å²) in [5.41, 5.74) is 0.166. The van der Waals surface area contributed by atoms with Gasteiger partial charge in [0.05, 0.1) is 12.5 Å². The second-order valence-electron chi connectivity index (χ2n) is 8.64. The Balaban J connectivity index is 1.62. The fourth-order valence-electron chi connectivity index (χ4n) is 3.76. The first-order valence-electron chi connectivity index (χ1n) is 11.1. The van der Waals surface area contributed by atoms with E-state index < -0.39 is 24.0 Å². The fourth-order valence-corrected chi connectivity index (χ4v) is 3.76. The molecular formula is C27H29NO5. The molecule has 0 aromatic heterocycles. The lowest BCUT2D eigenvalue weighted by molar-refractivity contribution is -0.149. The van der Waals surface area contributed by atoms with Crippen LogP contribution in [0.5, 0.6) is 11.5 Å². The number of nitriles is 1. The summed E-state index contributed by atoms with van der Waals surface area (Å²) in [5.74, 6) is -0.252. The molecule has 2 aromatic carbocycles. The third kappa shape index (κ3) is 6.23. The number of rotatable bonds is 10. The number of carbonyl (C=O) groups is 2. The van der Waals surface area contributed by atoms with Crippen molar-refractivity contribution in [1.29, 1.82) is 5.26 Å². The smallest absolute Gasteiger partial charge is 0.330 e. The quantitative estimate of drug-likeness (QED) is 0.262.